The first-order valence-corrected chi connectivity index (χ1v) is 9.52. The van der Waals surface area contributed by atoms with Crippen LogP contribution < -0.4 is 5.32 Å². The number of urea groups is 1. The molecule has 1 aliphatic heterocycles. The van der Waals surface area contributed by atoms with Crippen molar-refractivity contribution in [1.82, 2.24) is 10.2 Å². The molecule has 2 aliphatic rings. The summed E-state index contributed by atoms with van der Waals surface area (Å²) in [5, 5.41) is 12.1. The number of carboxylic acids is 1. The first-order valence-electron chi connectivity index (χ1n) is 9.52. The molecule has 3 rings (SSSR count). The standard InChI is InChI=1S/C20H27FN2O3/c21-17-6-4-16(5-7-17)20(10-2-1-3-11-20)14-22-19(26)23-12-8-15(9-13-23)18(24)25/h4-7,15H,1-3,8-14H2,(H,22,26)(H,24,25). The van der Waals surface area contributed by atoms with Crippen LogP contribution >= 0.6 is 0 Å². The molecule has 2 N–H and O–H groups in total. The normalized spacial score (nSPS) is 20.6. The molecule has 0 unspecified atom stereocenters. The van der Waals surface area contributed by atoms with E-state index < -0.39 is 5.97 Å². The molecule has 0 atom stereocenters. The first-order chi connectivity index (χ1) is 12.5. The second kappa shape index (κ2) is 8.06. The lowest BCUT2D eigenvalue weighted by Crippen LogP contribution is -2.49. The molecule has 2 fully saturated rings. The molecule has 0 aromatic heterocycles. The Bertz CT molecular complexity index is 633. The minimum Gasteiger partial charge on any atom is -0.481 e. The number of hydrogen-bond donors (Lipinski definition) is 2. The number of nitrogens with zero attached hydrogens (tertiary/aromatic N) is 1. The topological polar surface area (TPSA) is 69.6 Å². The van der Waals surface area contributed by atoms with Crippen molar-refractivity contribution in [1.29, 1.82) is 0 Å². The summed E-state index contributed by atoms with van der Waals surface area (Å²) in [5.74, 6) is -1.37. The maximum absolute atomic E-state index is 13.3. The van der Waals surface area contributed by atoms with Crippen LogP contribution in [0.25, 0.3) is 0 Å². The van der Waals surface area contributed by atoms with Crippen LogP contribution in [0.2, 0.25) is 0 Å². The van der Waals surface area contributed by atoms with E-state index in [1.54, 1.807) is 4.90 Å². The van der Waals surface area contributed by atoms with E-state index in [0.29, 0.717) is 32.5 Å². The van der Waals surface area contributed by atoms with Crippen molar-refractivity contribution in [3.8, 4) is 0 Å². The summed E-state index contributed by atoms with van der Waals surface area (Å²) in [7, 11) is 0. The monoisotopic (exact) mass is 362 g/mol. The van der Waals surface area contributed by atoms with E-state index in [4.69, 9.17) is 5.11 Å². The van der Waals surface area contributed by atoms with Gasteiger partial charge < -0.3 is 15.3 Å². The SMILES string of the molecule is O=C(O)C1CCN(C(=O)NCC2(c3ccc(F)cc3)CCCCC2)CC1. The molecule has 1 aromatic rings. The van der Waals surface area contributed by atoms with Crippen LogP contribution in [-0.2, 0) is 10.2 Å². The van der Waals surface area contributed by atoms with Gasteiger partial charge in [-0.2, -0.15) is 0 Å². The Morgan fingerprint density at radius 2 is 1.73 bits per heavy atom. The zero-order chi connectivity index (χ0) is 18.6. The van der Waals surface area contributed by atoms with Gasteiger partial charge in [0, 0.05) is 25.0 Å². The lowest BCUT2D eigenvalue weighted by atomic mass is 9.69. The number of likely N-dealkylation sites (tertiary alicyclic amines) is 1. The van der Waals surface area contributed by atoms with Gasteiger partial charge in [-0.1, -0.05) is 31.4 Å². The number of amides is 2. The molecular formula is C20H27FN2O3. The Kier molecular flexibility index (Phi) is 5.79. The number of carboxylic acid groups (broad SMARTS) is 1. The van der Waals surface area contributed by atoms with Crippen LogP contribution in [0.1, 0.15) is 50.5 Å². The molecule has 1 heterocycles. The Morgan fingerprint density at radius 1 is 1.12 bits per heavy atom. The van der Waals surface area contributed by atoms with Crippen molar-refractivity contribution in [2.24, 2.45) is 5.92 Å². The average molecular weight is 362 g/mol. The Morgan fingerprint density at radius 3 is 2.31 bits per heavy atom. The molecule has 2 amide bonds. The highest BCUT2D eigenvalue weighted by Crippen LogP contribution is 2.39. The van der Waals surface area contributed by atoms with Gasteiger partial charge >= 0.3 is 12.0 Å². The first kappa shape index (κ1) is 18.7. The largest absolute Gasteiger partial charge is 0.481 e. The van der Waals surface area contributed by atoms with Gasteiger partial charge in [-0.25, -0.2) is 9.18 Å². The van der Waals surface area contributed by atoms with Crippen LogP contribution in [0.15, 0.2) is 24.3 Å². The smallest absolute Gasteiger partial charge is 0.317 e. The third-order valence-corrected chi connectivity index (χ3v) is 5.98. The number of halogens is 1. The summed E-state index contributed by atoms with van der Waals surface area (Å²) in [6, 6.07) is 6.53. The number of carbonyl (C=O) groups excluding carboxylic acids is 1. The van der Waals surface area contributed by atoms with Crippen LogP contribution in [0.5, 0.6) is 0 Å². The number of carbonyl (C=O) groups is 2. The van der Waals surface area contributed by atoms with Crippen LogP contribution in [0.3, 0.4) is 0 Å². The van der Waals surface area contributed by atoms with Crippen molar-refractivity contribution in [3.05, 3.63) is 35.6 Å². The highest BCUT2D eigenvalue weighted by molar-refractivity contribution is 5.75. The van der Waals surface area contributed by atoms with Crippen molar-refractivity contribution in [2.75, 3.05) is 19.6 Å². The molecule has 1 saturated carbocycles. The number of piperidine rings is 1. The maximum atomic E-state index is 13.3. The Labute approximate surface area is 153 Å². The van der Waals surface area contributed by atoms with Crippen molar-refractivity contribution < 1.29 is 19.1 Å². The fraction of sp³-hybridized carbons (Fsp3) is 0.600. The van der Waals surface area contributed by atoms with E-state index in [-0.39, 0.29) is 23.2 Å². The fourth-order valence-electron chi connectivity index (χ4n) is 4.29. The second-order valence-corrected chi connectivity index (χ2v) is 7.61. The van der Waals surface area contributed by atoms with E-state index in [0.717, 1.165) is 31.2 Å². The number of nitrogens with one attached hydrogen (secondary N) is 1. The van der Waals surface area contributed by atoms with Gasteiger partial charge in [0.15, 0.2) is 0 Å². The number of aliphatic carboxylic acids is 1. The number of hydrogen-bond acceptors (Lipinski definition) is 2. The third kappa shape index (κ3) is 4.17. The minimum absolute atomic E-state index is 0.124. The molecular weight excluding hydrogens is 335 g/mol. The summed E-state index contributed by atoms with van der Waals surface area (Å²) in [6.07, 6.45) is 6.39. The molecule has 26 heavy (non-hydrogen) atoms. The fourth-order valence-corrected chi connectivity index (χ4v) is 4.29. The van der Waals surface area contributed by atoms with Gasteiger partial charge in [-0.3, -0.25) is 4.79 Å². The van der Waals surface area contributed by atoms with Crippen molar-refractivity contribution >= 4 is 12.0 Å². The quantitative estimate of drug-likeness (QED) is 0.861. The zero-order valence-electron chi connectivity index (χ0n) is 15.0. The van der Waals surface area contributed by atoms with E-state index in [2.05, 4.69) is 5.32 Å². The summed E-state index contributed by atoms with van der Waals surface area (Å²) in [6.45, 7) is 1.50. The summed E-state index contributed by atoms with van der Waals surface area (Å²) in [4.78, 5) is 25.3. The highest BCUT2D eigenvalue weighted by Gasteiger charge is 2.35. The van der Waals surface area contributed by atoms with Crippen LogP contribution in [0, 0.1) is 11.7 Å². The van der Waals surface area contributed by atoms with Gasteiger partial charge in [0.25, 0.3) is 0 Å². The molecule has 1 aromatic carbocycles. The lowest BCUT2D eigenvalue weighted by Gasteiger charge is -2.39. The number of benzene rings is 1. The predicted molar refractivity (Wildman–Crippen MR) is 96.5 cm³/mol. The van der Waals surface area contributed by atoms with Crippen molar-refractivity contribution in [3.63, 3.8) is 0 Å². The molecule has 1 saturated heterocycles. The molecule has 142 valence electrons. The highest BCUT2D eigenvalue weighted by atomic mass is 19.1. The Hall–Kier alpha value is -2.11. The van der Waals surface area contributed by atoms with E-state index in [1.807, 2.05) is 12.1 Å². The predicted octanol–water partition coefficient (Wildman–Crippen LogP) is 3.53. The van der Waals surface area contributed by atoms with E-state index in [1.165, 1.54) is 18.6 Å². The molecule has 5 nitrogen and oxygen atoms in total. The van der Waals surface area contributed by atoms with E-state index in [9.17, 15) is 14.0 Å². The minimum atomic E-state index is -0.775. The van der Waals surface area contributed by atoms with Crippen LogP contribution in [-0.4, -0.2) is 41.6 Å². The summed E-state index contributed by atoms with van der Waals surface area (Å²) >= 11 is 0. The molecule has 6 heteroatoms. The molecule has 0 spiro atoms. The van der Waals surface area contributed by atoms with Gasteiger partial charge in [0.1, 0.15) is 5.82 Å². The molecule has 0 radical (unpaired) electrons. The number of rotatable bonds is 4. The average Bonchev–Trinajstić information content (AvgIpc) is 2.67. The Balaban J connectivity index is 1.62. The van der Waals surface area contributed by atoms with Gasteiger partial charge in [-0.05, 0) is 43.4 Å². The molecule has 0 bridgehead atoms. The maximum Gasteiger partial charge on any atom is 0.317 e. The second-order valence-electron chi connectivity index (χ2n) is 7.61. The lowest BCUT2D eigenvalue weighted by molar-refractivity contribution is -0.143. The van der Waals surface area contributed by atoms with Gasteiger partial charge in [-0.15, -0.1) is 0 Å². The summed E-state index contributed by atoms with van der Waals surface area (Å²) in [5.41, 5.74) is 0.949. The van der Waals surface area contributed by atoms with Crippen LogP contribution in [0.4, 0.5) is 9.18 Å². The van der Waals surface area contributed by atoms with Crippen molar-refractivity contribution in [2.45, 2.75) is 50.4 Å². The van der Waals surface area contributed by atoms with E-state index >= 15 is 0 Å². The van der Waals surface area contributed by atoms with Gasteiger partial charge in [0.2, 0.25) is 0 Å². The zero-order valence-corrected chi connectivity index (χ0v) is 15.0. The third-order valence-electron chi connectivity index (χ3n) is 5.98. The molecule has 1 aliphatic carbocycles. The summed E-state index contributed by atoms with van der Waals surface area (Å²) < 4.78 is 13.3. The van der Waals surface area contributed by atoms with Gasteiger partial charge in [0.05, 0.1) is 5.92 Å².